The van der Waals surface area contributed by atoms with Crippen molar-refractivity contribution in [1.29, 1.82) is 0 Å². The first-order valence-electron chi connectivity index (χ1n) is 10.5. The molecule has 180 valence electrons. The number of benzene rings is 3. The standard InChI is InChI=1S/C26H21F2NO6/c1-13-10-16(34-2)6-7-17(13)24(31)22-23(14-4-9-21(35-3)20(30)11-14)29(26(33)25(22)32)15-5-8-18(27)19(28)12-15/h4-12,23,30-31H,1-3H3/b24-22+. The maximum absolute atomic E-state index is 14.1. The summed E-state index contributed by atoms with van der Waals surface area (Å²) in [5.41, 5.74) is 0.698. The van der Waals surface area contributed by atoms with Gasteiger partial charge in [-0.2, -0.15) is 0 Å². The maximum Gasteiger partial charge on any atom is 0.300 e. The molecule has 1 atom stereocenters. The molecule has 0 radical (unpaired) electrons. The van der Waals surface area contributed by atoms with E-state index in [4.69, 9.17) is 9.47 Å². The molecule has 9 heteroatoms. The summed E-state index contributed by atoms with van der Waals surface area (Å²) in [5, 5.41) is 21.6. The van der Waals surface area contributed by atoms with Gasteiger partial charge in [0.15, 0.2) is 23.1 Å². The first-order chi connectivity index (χ1) is 16.7. The molecule has 2 N–H and O–H groups in total. The summed E-state index contributed by atoms with van der Waals surface area (Å²) in [6.45, 7) is 1.69. The summed E-state index contributed by atoms with van der Waals surface area (Å²) in [5.74, 6) is -4.49. The summed E-state index contributed by atoms with van der Waals surface area (Å²) < 4.78 is 37.9. The van der Waals surface area contributed by atoms with Crippen LogP contribution in [0.15, 0.2) is 60.2 Å². The van der Waals surface area contributed by atoms with Crippen molar-refractivity contribution in [1.82, 2.24) is 0 Å². The number of aryl methyl sites for hydroxylation is 1. The van der Waals surface area contributed by atoms with Crippen LogP contribution in [0.5, 0.6) is 17.2 Å². The molecule has 0 saturated carbocycles. The van der Waals surface area contributed by atoms with Crippen LogP contribution in [-0.4, -0.2) is 36.1 Å². The van der Waals surface area contributed by atoms with Gasteiger partial charge in [-0.05, 0) is 60.5 Å². The van der Waals surface area contributed by atoms with Crippen LogP contribution in [0.3, 0.4) is 0 Å². The predicted molar refractivity (Wildman–Crippen MR) is 124 cm³/mol. The number of ether oxygens (including phenoxy) is 2. The van der Waals surface area contributed by atoms with Crippen LogP contribution in [0.1, 0.15) is 22.7 Å². The van der Waals surface area contributed by atoms with E-state index in [1.165, 1.54) is 38.5 Å². The van der Waals surface area contributed by atoms with Gasteiger partial charge in [-0.1, -0.05) is 6.07 Å². The van der Waals surface area contributed by atoms with Gasteiger partial charge in [0.1, 0.15) is 11.5 Å². The number of methoxy groups -OCH3 is 2. The van der Waals surface area contributed by atoms with E-state index in [9.17, 15) is 28.6 Å². The number of amides is 1. The number of nitrogens with zero attached hydrogens (tertiary/aromatic N) is 1. The van der Waals surface area contributed by atoms with Crippen molar-refractivity contribution >= 4 is 23.1 Å². The smallest absolute Gasteiger partial charge is 0.300 e. The molecule has 35 heavy (non-hydrogen) atoms. The number of phenolic OH excluding ortho intramolecular Hbond substituents is 1. The Kier molecular flexibility index (Phi) is 6.17. The topological polar surface area (TPSA) is 96.3 Å². The monoisotopic (exact) mass is 481 g/mol. The van der Waals surface area contributed by atoms with E-state index in [1.807, 2.05) is 0 Å². The van der Waals surface area contributed by atoms with E-state index < -0.39 is 35.1 Å². The van der Waals surface area contributed by atoms with Gasteiger partial charge < -0.3 is 19.7 Å². The third kappa shape index (κ3) is 4.05. The Balaban J connectivity index is 1.98. The molecule has 0 spiro atoms. The van der Waals surface area contributed by atoms with Gasteiger partial charge in [-0.3, -0.25) is 14.5 Å². The van der Waals surface area contributed by atoms with E-state index >= 15 is 0 Å². The zero-order chi connectivity index (χ0) is 25.4. The summed E-state index contributed by atoms with van der Waals surface area (Å²) in [6.07, 6.45) is 0. The highest BCUT2D eigenvalue weighted by atomic mass is 19.2. The average Bonchev–Trinajstić information content (AvgIpc) is 3.10. The Morgan fingerprint density at radius 1 is 0.943 bits per heavy atom. The number of anilines is 1. The fourth-order valence-electron chi connectivity index (χ4n) is 4.10. The quantitative estimate of drug-likeness (QED) is 0.314. The van der Waals surface area contributed by atoms with Gasteiger partial charge in [0.2, 0.25) is 0 Å². The summed E-state index contributed by atoms with van der Waals surface area (Å²) in [7, 11) is 2.84. The van der Waals surface area contributed by atoms with Gasteiger partial charge >= 0.3 is 0 Å². The summed E-state index contributed by atoms with van der Waals surface area (Å²) in [4.78, 5) is 27.3. The molecule has 3 aromatic rings. The van der Waals surface area contributed by atoms with Crippen molar-refractivity contribution in [3.63, 3.8) is 0 Å². The summed E-state index contributed by atoms with van der Waals surface area (Å²) >= 11 is 0. The molecule has 1 aliphatic heterocycles. The van der Waals surface area contributed by atoms with Crippen LogP contribution in [0.25, 0.3) is 5.76 Å². The molecule has 1 amide bonds. The van der Waals surface area contributed by atoms with E-state index in [-0.39, 0.29) is 33.9 Å². The average molecular weight is 481 g/mol. The molecule has 1 unspecified atom stereocenters. The normalized spacial score (nSPS) is 17.1. The molecule has 1 saturated heterocycles. The Morgan fingerprint density at radius 2 is 1.69 bits per heavy atom. The summed E-state index contributed by atoms with van der Waals surface area (Å²) in [6, 6.07) is 10.5. The third-order valence-electron chi connectivity index (χ3n) is 5.83. The largest absolute Gasteiger partial charge is 0.507 e. The third-order valence-corrected chi connectivity index (χ3v) is 5.83. The Hall–Kier alpha value is -4.40. The molecule has 0 bridgehead atoms. The predicted octanol–water partition coefficient (Wildman–Crippen LogP) is 4.62. The van der Waals surface area contributed by atoms with Crippen LogP contribution in [0.2, 0.25) is 0 Å². The number of rotatable bonds is 5. The molecular weight excluding hydrogens is 460 g/mol. The first kappa shape index (κ1) is 23.7. The number of hydrogen-bond donors (Lipinski definition) is 2. The zero-order valence-electron chi connectivity index (χ0n) is 19.0. The fourth-order valence-corrected chi connectivity index (χ4v) is 4.10. The number of Topliss-reactive ketones (excluding diaryl/α,β-unsaturated/α-hetero) is 1. The van der Waals surface area contributed by atoms with E-state index in [1.54, 1.807) is 19.1 Å². The van der Waals surface area contributed by atoms with E-state index in [0.29, 0.717) is 11.3 Å². The van der Waals surface area contributed by atoms with Crippen LogP contribution >= 0.6 is 0 Å². The zero-order valence-corrected chi connectivity index (χ0v) is 19.0. The molecule has 1 fully saturated rings. The van der Waals surface area contributed by atoms with Crippen molar-refractivity contribution in [3.8, 4) is 17.2 Å². The second-order valence-electron chi connectivity index (χ2n) is 7.88. The highest BCUT2D eigenvalue weighted by Gasteiger charge is 2.47. The lowest BCUT2D eigenvalue weighted by atomic mass is 9.93. The van der Waals surface area contributed by atoms with E-state index in [2.05, 4.69) is 0 Å². The molecule has 7 nitrogen and oxygen atoms in total. The van der Waals surface area contributed by atoms with Crippen LogP contribution < -0.4 is 14.4 Å². The molecule has 0 aromatic heterocycles. The highest BCUT2D eigenvalue weighted by molar-refractivity contribution is 6.51. The number of aromatic hydroxyl groups is 1. The second-order valence-corrected chi connectivity index (χ2v) is 7.88. The lowest BCUT2D eigenvalue weighted by Gasteiger charge is -2.26. The number of aliphatic hydroxyl groups is 1. The molecule has 0 aliphatic carbocycles. The molecule has 3 aromatic carbocycles. The fraction of sp³-hybridized carbons (Fsp3) is 0.154. The number of halogens is 2. The van der Waals surface area contributed by atoms with Crippen LogP contribution in [-0.2, 0) is 9.59 Å². The van der Waals surface area contributed by atoms with E-state index in [0.717, 1.165) is 23.1 Å². The lowest BCUT2D eigenvalue weighted by Crippen LogP contribution is -2.29. The van der Waals surface area contributed by atoms with Crippen LogP contribution in [0, 0.1) is 18.6 Å². The van der Waals surface area contributed by atoms with Crippen molar-refractivity contribution in [3.05, 3.63) is 88.5 Å². The molecule has 1 aliphatic rings. The number of carbonyl (C=O) groups excluding carboxylic acids is 2. The van der Waals surface area contributed by atoms with Gasteiger partial charge in [-0.25, -0.2) is 8.78 Å². The minimum atomic E-state index is -1.25. The molecular formula is C26H21F2NO6. The Morgan fingerprint density at radius 3 is 2.29 bits per heavy atom. The SMILES string of the molecule is COc1ccc(/C(O)=C2\C(=O)C(=O)N(c3ccc(F)c(F)c3)C2c2ccc(OC)c(O)c2)c(C)c1. The van der Waals surface area contributed by atoms with Gasteiger partial charge in [-0.15, -0.1) is 0 Å². The number of aliphatic hydroxyl groups excluding tert-OH is 1. The van der Waals surface area contributed by atoms with Gasteiger partial charge in [0, 0.05) is 17.3 Å². The van der Waals surface area contributed by atoms with Crippen molar-refractivity contribution in [2.75, 3.05) is 19.1 Å². The van der Waals surface area contributed by atoms with Gasteiger partial charge in [0.25, 0.3) is 11.7 Å². The maximum atomic E-state index is 14.1. The number of ketones is 1. The number of hydrogen-bond acceptors (Lipinski definition) is 6. The van der Waals surface area contributed by atoms with Crippen molar-refractivity contribution in [2.45, 2.75) is 13.0 Å². The Bertz CT molecular complexity index is 1380. The van der Waals surface area contributed by atoms with Gasteiger partial charge in [0.05, 0.1) is 25.8 Å². The van der Waals surface area contributed by atoms with Crippen molar-refractivity contribution < 1.29 is 38.1 Å². The second kappa shape index (κ2) is 9.09. The van der Waals surface area contributed by atoms with Crippen LogP contribution in [0.4, 0.5) is 14.5 Å². The minimum absolute atomic E-state index is 0.100. The molecule has 4 rings (SSSR count). The number of phenols is 1. The number of carbonyl (C=O) groups is 2. The Labute approximate surface area is 199 Å². The lowest BCUT2D eigenvalue weighted by molar-refractivity contribution is -0.132. The molecule has 1 heterocycles. The highest BCUT2D eigenvalue weighted by Crippen LogP contribution is 2.44. The minimum Gasteiger partial charge on any atom is -0.507 e. The van der Waals surface area contributed by atoms with Crippen molar-refractivity contribution in [2.24, 2.45) is 0 Å². The first-order valence-corrected chi connectivity index (χ1v) is 10.5.